The van der Waals surface area contributed by atoms with E-state index in [9.17, 15) is 18.0 Å². The van der Waals surface area contributed by atoms with Gasteiger partial charge in [0.05, 0.1) is 4.90 Å². The summed E-state index contributed by atoms with van der Waals surface area (Å²) in [6, 6.07) is 11.3. The van der Waals surface area contributed by atoms with Crippen LogP contribution >= 0.6 is 0 Å². The maximum atomic E-state index is 12.6. The summed E-state index contributed by atoms with van der Waals surface area (Å²) in [6.45, 7) is 2.62. The van der Waals surface area contributed by atoms with Crippen LogP contribution in [0.5, 0.6) is 0 Å². The summed E-state index contributed by atoms with van der Waals surface area (Å²) in [5.41, 5.74) is 2.70. The van der Waals surface area contributed by atoms with Crippen LogP contribution in [0.15, 0.2) is 47.4 Å². The molecule has 0 saturated carbocycles. The van der Waals surface area contributed by atoms with E-state index in [2.05, 4.69) is 5.32 Å². The predicted octanol–water partition coefficient (Wildman–Crippen LogP) is 3.01. The van der Waals surface area contributed by atoms with Gasteiger partial charge in [-0.1, -0.05) is 6.07 Å². The molecule has 0 atom stereocenters. The average Bonchev–Trinajstić information content (AvgIpc) is 2.70. The molecule has 2 aromatic rings. The van der Waals surface area contributed by atoms with Crippen LogP contribution in [-0.2, 0) is 14.8 Å². The first-order valence-electron chi connectivity index (χ1n) is 9.45. The van der Waals surface area contributed by atoms with Gasteiger partial charge in [-0.2, -0.15) is 0 Å². The van der Waals surface area contributed by atoms with E-state index in [0.717, 1.165) is 28.4 Å². The van der Waals surface area contributed by atoms with E-state index in [-0.39, 0.29) is 16.7 Å². The van der Waals surface area contributed by atoms with Gasteiger partial charge in [-0.05, 0) is 61.7 Å². The predicted molar refractivity (Wildman–Crippen MR) is 113 cm³/mol. The third kappa shape index (κ3) is 4.49. The molecule has 0 aliphatic carbocycles. The van der Waals surface area contributed by atoms with Crippen molar-refractivity contribution in [1.82, 2.24) is 4.31 Å². The van der Waals surface area contributed by atoms with Crippen LogP contribution in [-0.4, -0.2) is 45.2 Å². The van der Waals surface area contributed by atoms with Gasteiger partial charge in [0, 0.05) is 44.0 Å². The molecule has 1 heterocycles. The third-order valence-electron chi connectivity index (χ3n) is 4.98. The van der Waals surface area contributed by atoms with Crippen molar-refractivity contribution in [1.29, 1.82) is 0 Å². The van der Waals surface area contributed by atoms with E-state index in [1.165, 1.54) is 38.4 Å². The van der Waals surface area contributed by atoms with Crippen molar-refractivity contribution in [2.24, 2.45) is 0 Å². The molecule has 8 heteroatoms. The molecule has 3 rings (SSSR count). The summed E-state index contributed by atoms with van der Waals surface area (Å²) in [6.07, 6.45) is 2.41. The minimum absolute atomic E-state index is 0.0977. The number of amides is 2. The van der Waals surface area contributed by atoms with Gasteiger partial charge in [0.2, 0.25) is 15.9 Å². The molecule has 7 nitrogen and oxygen atoms in total. The Labute approximate surface area is 171 Å². The molecule has 2 amide bonds. The van der Waals surface area contributed by atoms with Crippen LogP contribution in [0.25, 0.3) is 0 Å². The van der Waals surface area contributed by atoms with E-state index in [1.54, 1.807) is 17.0 Å². The summed E-state index contributed by atoms with van der Waals surface area (Å²) in [5, 5.41) is 2.82. The first-order chi connectivity index (χ1) is 13.7. The van der Waals surface area contributed by atoms with Gasteiger partial charge >= 0.3 is 0 Å². The number of piperidine rings is 1. The zero-order valence-corrected chi connectivity index (χ0v) is 17.6. The van der Waals surface area contributed by atoms with Crippen molar-refractivity contribution in [3.63, 3.8) is 0 Å². The number of carbonyl (C=O) groups is 2. The molecule has 1 aliphatic heterocycles. The Morgan fingerprint density at radius 3 is 2.38 bits per heavy atom. The fourth-order valence-corrected chi connectivity index (χ4v) is 4.13. The van der Waals surface area contributed by atoms with Gasteiger partial charge in [0.15, 0.2) is 0 Å². The highest BCUT2D eigenvalue weighted by atomic mass is 32.2. The number of hydrogen-bond donors (Lipinski definition) is 1. The van der Waals surface area contributed by atoms with Gasteiger partial charge in [-0.3, -0.25) is 9.59 Å². The van der Waals surface area contributed by atoms with E-state index >= 15 is 0 Å². The van der Waals surface area contributed by atoms with Crippen molar-refractivity contribution in [2.45, 2.75) is 31.1 Å². The van der Waals surface area contributed by atoms with E-state index < -0.39 is 10.0 Å². The van der Waals surface area contributed by atoms with E-state index in [4.69, 9.17) is 0 Å². The molecule has 0 radical (unpaired) electrons. The van der Waals surface area contributed by atoms with Gasteiger partial charge in [-0.15, -0.1) is 0 Å². The molecule has 1 saturated heterocycles. The van der Waals surface area contributed by atoms with Crippen LogP contribution in [0.3, 0.4) is 0 Å². The topological polar surface area (TPSA) is 86.8 Å². The van der Waals surface area contributed by atoms with Crippen LogP contribution in [0.4, 0.5) is 11.4 Å². The van der Waals surface area contributed by atoms with Gasteiger partial charge in [0.1, 0.15) is 0 Å². The second kappa shape index (κ2) is 8.34. The molecule has 0 aromatic heterocycles. The molecular formula is C21H25N3O4S. The Balaban J connectivity index is 1.79. The highest BCUT2D eigenvalue weighted by Gasteiger charge is 2.22. The number of aryl methyl sites for hydroxylation is 1. The van der Waals surface area contributed by atoms with Crippen LogP contribution in [0.1, 0.15) is 35.2 Å². The van der Waals surface area contributed by atoms with Gasteiger partial charge in [0.25, 0.3) is 5.91 Å². The second-order valence-electron chi connectivity index (χ2n) is 7.27. The van der Waals surface area contributed by atoms with E-state index in [0.29, 0.717) is 24.2 Å². The molecule has 0 bridgehead atoms. The number of nitrogens with one attached hydrogen (secondary N) is 1. The molecule has 1 N–H and O–H groups in total. The Morgan fingerprint density at radius 1 is 1.07 bits per heavy atom. The fraction of sp³-hybridized carbons (Fsp3) is 0.333. The minimum Gasteiger partial charge on any atom is -0.322 e. The van der Waals surface area contributed by atoms with E-state index in [1.807, 2.05) is 13.0 Å². The zero-order chi connectivity index (χ0) is 21.2. The van der Waals surface area contributed by atoms with Crippen molar-refractivity contribution >= 4 is 33.2 Å². The normalized spacial score (nSPS) is 14.9. The number of carbonyl (C=O) groups excluding carboxylic acids is 2. The average molecular weight is 416 g/mol. The molecule has 0 unspecified atom stereocenters. The lowest BCUT2D eigenvalue weighted by molar-refractivity contribution is -0.119. The Hall–Kier alpha value is -2.71. The summed E-state index contributed by atoms with van der Waals surface area (Å²) < 4.78 is 25.4. The van der Waals surface area contributed by atoms with Crippen LogP contribution < -0.4 is 10.2 Å². The highest BCUT2D eigenvalue weighted by molar-refractivity contribution is 7.89. The third-order valence-corrected chi connectivity index (χ3v) is 6.81. The fourth-order valence-electron chi connectivity index (χ4n) is 3.23. The van der Waals surface area contributed by atoms with Crippen molar-refractivity contribution in [3.05, 3.63) is 53.6 Å². The molecule has 2 aromatic carbocycles. The summed E-state index contributed by atoms with van der Waals surface area (Å²) in [5.74, 6) is -0.251. The first kappa shape index (κ1) is 21.0. The standard InChI is InChI=1S/C21H25N3O4S/c1-15-7-10-17(14-19(15)24-13-5-4-6-20(24)25)22-21(26)16-8-11-18(12-9-16)29(27,28)23(2)3/h7-12,14H,4-6,13H2,1-3H3,(H,22,26). The summed E-state index contributed by atoms with van der Waals surface area (Å²) in [4.78, 5) is 26.7. The largest absolute Gasteiger partial charge is 0.322 e. The maximum absolute atomic E-state index is 12.6. The van der Waals surface area contributed by atoms with Crippen molar-refractivity contribution in [3.8, 4) is 0 Å². The number of hydrogen-bond acceptors (Lipinski definition) is 4. The lowest BCUT2D eigenvalue weighted by atomic mass is 10.1. The smallest absolute Gasteiger partial charge is 0.255 e. The lowest BCUT2D eigenvalue weighted by Gasteiger charge is -2.28. The first-order valence-corrected chi connectivity index (χ1v) is 10.9. The van der Waals surface area contributed by atoms with Crippen LogP contribution in [0.2, 0.25) is 0 Å². The number of sulfonamides is 1. The van der Waals surface area contributed by atoms with Crippen molar-refractivity contribution < 1.29 is 18.0 Å². The summed E-state index contributed by atoms with van der Waals surface area (Å²) in [7, 11) is -0.629. The maximum Gasteiger partial charge on any atom is 0.255 e. The molecule has 154 valence electrons. The Bertz CT molecular complexity index is 1030. The van der Waals surface area contributed by atoms with Crippen LogP contribution in [0, 0.1) is 6.92 Å². The zero-order valence-electron chi connectivity index (χ0n) is 16.8. The van der Waals surface area contributed by atoms with Gasteiger partial charge < -0.3 is 10.2 Å². The Morgan fingerprint density at radius 2 is 1.76 bits per heavy atom. The van der Waals surface area contributed by atoms with Gasteiger partial charge in [-0.25, -0.2) is 12.7 Å². The molecule has 1 fully saturated rings. The quantitative estimate of drug-likeness (QED) is 0.813. The number of benzene rings is 2. The molecule has 1 aliphatic rings. The SMILES string of the molecule is Cc1ccc(NC(=O)c2ccc(S(=O)(=O)N(C)C)cc2)cc1N1CCCCC1=O. The number of anilines is 2. The number of nitrogens with zero attached hydrogens (tertiary/aromatic N) is 2. The molecule has 0 spiro atoms. The second-order valence-corrected chi connectivity index (χ2v) is 9.42. The lowest BCUT2D eigenvalue weighted by Crippen LogP contribution is -2.35. The highest BCUT2D eigenvalue weighted by Crippen LogP contribution is 2.28. The minimum atomic E-state index is -3.54. The monoisotopic (exact) mass is 415 g/mol. The number of rotatable bonds is 5. The molecular weight excluding hydrogens is 390 g/mol. The Kier molecular flexibility index (Phi) is 6.04. The molecule has 29 heavy (non-hydrogen) atoms. The van der Waals surface area contributed by atoms with Crippen molar-refractivity contribution in [2.75, 3.05) is 30.9 Å². The summed E-state index contributed by atoms with van der Waals surface area (Å²) >= 11 is 0.